The fraction of sp³-hybridized carbons (Fsp3) is 0.314. The van der Waals surface area contributed by atoms with Crippen molar-refractivity contribution in [3.63, 3.8) is 0 Å². The SMILES string of the molecule is O=C(CC1CCN(c2cccc(Cl)n2)CC1)Nc1ccc2cc1CCc1cncc(c1)Nc1ncc(Cl)c(n1)N2.O=C(O)C(F)(F)F.O=C(O)C(F)(F)F.O=C(O)C(F)(F)F. The maximum absolute atomic E-state index is 13.2. The fourth-order valence-electron chi connectivity index (χ4n) is 5.16. The minimum Gasteiger partial charge on any atom is -0.475 e. The van der Waals surface area contributed by atoms with E-state index in [2.05, 4.69) is 40.8 Å². The van der Waals surface area contributed by atoms with Crippen molar-refractivity contribution in [2.45, 2.75) is 50.6 Å². The Balaban J connectivity index is 0.000000390. The number of alkyl halides is 9. The second-order valence-corrected chi connectivity index (χ2v) is 13.3. The highest BCUT2D eigenvalue weighted by Gasteiger charge is 2.39. The number of hydrogen-bond donors (Lipinski definition) is 6. The van der Waals surface area contributed by atoms with Crippen molar-refractivity contribution in [1.82, 2.24) is 19.9 Å². The molecule has 15 nitrogen and oxygen atoms in total. The summed E-state index contributed by atoms with van der Waals surface area (Å²) in [7, 11) is 0. The lowest BCUT2D eigenvalue weighted by Gasteiger charge is -2.32. The van der Waals surface area contributed by atoms with Gasteiger partial charge in [0, 0.05) is 37.1 Å². The standard InChI is InChI=1S/C29H28Cl2N8O.3C2HF3O2/c30-23-17-33-29-35-22-12-19(15-32-16-22)4-5-20-14-21(34-28(23)38-29)6-7-24(20)36-27(40)13-18-8-10-39(11-9-18)26-3-1-2-25(31)37-26;3*3-2(4,5)1(6)7/h1-3,6-7,12,14-18H,4-5,8-11,13H2,(H,36,40)(H2,33,34,35,38);3*(H,6,7). The van der Waals surface area contributed by atoms with E-state index >= 15 is 0 Å². The van der Waals surface area contributed by atoms with E-state index < -0.39 is 36.4 Å². The number of carboxylic acid groups (broad SMARTS) is 3. The first kappa shape index (κ1) is 49.2. The number of rotatable bonds is 4. The van der Waals surface area contributed by atoms with Crippen molar-refractivity contribution in [3.05, 3.63) is 82.4 Å². The number of nitrogens with one attached hydrogen (secondary N) is 3. The number of piperidine rings is 1. The van der Waals surface area contributed by atoms with Gasteiger partial charge in [-0.15, -0.1) is 0 Å². The number of aliphatic carboxylic acids is 3. The van der Waals surface area contributed by atoms with Gasteiger partial charge in [-0.05, 0) is 79.1 Å². The Morgan fingerprint density at radius 1 is 0.754 bits per heavy atom. The third-order valence-electron chi connectivity index (χ3n) is 7.96. The van der Waals surface area contributed by atoms with E-state index in [0.717, 1.165) is 72.8 Å². The predicted octanol–water partition coefficient (Wildman–Crippen LogP) is 8.30. The molecule has 6 N–H and O–H groups in total. The zero-order valence-corrected chi connectivity index (χ0v) is 32.2. The molecule has 6 bridgehead atoms. The summed E-state index contributed by atoms with van der Waals surface area (Å²) in [6.45, 7) is 1.71. The van der Waals surface area contributed by atoms with Crippen LogP contribution in [0.3, 0.4) is 0 Å². The molecule has 1 aromatic carbocycles. The van der Waals surface area contributed by atoms with Crippen molar-refractivity contribution in [1.29, 1.82) is 0 Å². The van der Waals surface area contributed by atoms with E-state index in [0.29, 0.717) is 34.3 Å². The molecule has 1 saturated heterocycles. The maximum atomic E-state index is 13.2. The van der Waals surface area contributed by atoms with Crippen LogP contribution in [0, 0.1) is 5.92 Å². The number of amides is 1. The van der Waals surface area contributed by atoms with Gasteiger partial charge < -0.3 is 36.2 Å². The van der Waals surface area contributed by atoms with Crippen LogP contribution < -0.4 is 20.9 Å². The molecule has 0 radical (unpaired) electrons. The Labute approximate surface area is 347 Å². The van der Waals surface area contributed by atoms with Crippen LogP contribution in [0.5, 0.6) is 0 Å². The smallest absolute Gasteiger partial charge is 0.475 e. The molecule has 26 heteroatoms. The molecule has 61 heavy (non-hydrogen) atoms. The molecule has 1 fully saturated rings. The topological polar surface area (TPSA) is 220 Å². The number of carbonyl (C=O) groups excluding carboxylic acids is 1. The first-order valence-electron chi connectivity index (χ1n) is 17.0. The van der Waals surface area contributed by atoms with Crippen LogP contribution in [0.2, 0.25) is 10.2 Å². The average molecular weight is 918 g/mol. The van der Waals surface area contributed by atoms with Gasteiger partial charge in [-0.1, -0.05) is 29.3 Å². The number of carbonyl (C=O) groups is 4. The van der Waals surface area contributed by atoms with Gasteiger partial charge in [-0.3, -0.25) is 9.78 Å². The zero-order chi connectivity index (χ0) is 45.7. The van der Waals surface area contributed by atoms with Crippen molar-refractivity contribution < 1.29 is 74.0 Å². The molecule has 0 aliphatic carbocycles. The van der Waals surface area contributed by atoms with Crippen LogP contribution in [0.4, 0.5) is 74.2 Å². The normalized spacial score (nSPS) is 13.8. The summed E-state index contributed by atoms with van der Waals surface area (Å²) in [6, 6.07) is 13.6. The zero-order valence-electron chi connectivity index (χ0n) is 30.7. The number of anilines is 6. The van der Waals surface area contributed by atoms with Crippen LogP contribution in [0.15, 0.2) is 61.1 Å². The van der Waals surface area contributed by atoms with Crippen LogP contribution in [-0.4, -0.2) is 90.7 Å². The van der Waals surface area contributed by atoms with Gasteiger partial charge in [-0.25, -0.2) is 24.4 Å². The quantitative estimate of drug-likeness (QED) is 0.0838. The van der Waals surface area contributed by atoms with Gasteiger partial charge >= 0.3 is 36.4 Å². The van der Waals surface area contributed by atoms with Gasteiger partial charge in [0.1, 0.15) is 16.0 Å². The minimum atomic E-state index is -5.08. The third kappa shape index (κ3) is 16.8. The highest BCUT2D eigenvalue weighted by atomic mass is 35.5. The number of aromatic nitrogens is 4. The Hall–Kier alpha value is -6.17. The molecular formula is C35H31Cl2F9N8O7. The fourth-order valence-corrected chi connectivity index (χ4v) is 5.45. The molecule has 0 spiro atoms. The number of carboxylic acids is 3. The Bertz CT molecular complexity index is 2120. The molecule has 6 rings (SSSR count). The molecule has 2 aliphatic rings. The van der Waals surface area contributed by atoms with Gasteiger partial charge in [-0.2, -0.15) is 44.5 Å². The van der Waals surface area contributed by atoms with E-state index in [1.807, 2.05) is 42.6 Å². The summed E-state index contributed by atoms with van der Waals surface area (Å²) < 4.78 is 95.2. The molecule has 1 amide bonds. The Morgan fingerprint density at radius 2 is 1.34 bits per heavy atom. The van der Waals surface area contributed by atoms with Crippen molar-refractivity contribution in [2.75, 3.05) is 33.9 Å². The van der Waals surface area contributed by atoms with E-state index in [4.69, 9.17) is 52.9 Å². The molecule has 2 aliphatic heterocycles. The largest absolute Gasteiger partial charge is 0.490 e. The lowest BCUT2D eigenvalue weighted by Crippen LogP contribution is -2.35. The van der Waals surface area contributed by atoms with Crippen molar-refractivity contribution in [2.24, 2.45) is 5.92 Å². The number of aryl methyl sites for hydroxylation is 2. The maximum Gasteiger partial charge on any atom is 0.490 e. The van der Waals surface area contributed by atoms with E-state index in [-0.39, 0.29) is 5.91 Å². The van der Waals surface area contributed by atoms with E-state index in [1.165, 1.54) is 0 Å². The summed E-state index contributed by atoms with van der Waals surface area (Å²) in [5, 5.41) is 31.9. The van der Waals surface area contributed by atoms with Gasteiger partial charge in [0.2, 0.25) is 11.9 Å². The van der Waals surface area contributed by atoms with Crippen LogP contribution in [0.25, 0.3) is 0 Å². The summed E-state index contributed by atoms with van der Waals surface area (Å²) in [5.41, 5.74) is 4.51. The Kier molecular flexibility index (Phi) is 17.2. The molecule has 0 saturated carbocycles. The number of halogens is 11. The number of hydrogen-bond acceptors (Lipinski definition) is 11. The van der Waals surface area contributed by atoms with Crippen LogP contribution in [-0.2, 0) is 32.0 Å². The summed E-state index contributed by atoms with van der Waals surface area (Å²) in [4.78, 5) is 59.7. The molecule has 330 valence electrons. The molecule has 0 atom stereocenters. The number of pyridine rings is 2. The van der Waals surface area contributed by atoms with E-state index in [9.17, 15) is 44.3 Å². The van der Waals surface area contributed by atoms with Gasteiger partial charge in [0.15, 0.2) is 5.82 Å². The second-order valence-electron chi connectivity index (χ2n) is 12.5. The van der Waals surface area contributed by atoms with Crippen molar-refractivity contribution >= 4 is 81.7 Å². The van der Waals surface area contributed by atoms with Crippen LogP contribution in [0.1, 0.15) is 30.4 Å². The monoisotopic (exact) mass is 916 g/mol. The average Bonchev–Trinajstić information content (AvgIpc) is 3.16. The van der Waals surface area contributed by atoms with E-state index in [1.54, 1.807) is 18.5 Å². The third-order valence-corrected chi connectivity index (χ3v) is 8.45. The molecule has 4 aromatic rings. The molecule has 5 heterocycles. The number of nitrogens with zero attached hydrogens (tertiary/aromatic N) is 5. The van der Waals surface area contributed by atoms with Crippen LogP contribution >= 0.6 is 23.2 Å². The Morgan fingerprint density at radius 3 is 1.90 bits per heavy atom. The van der Waals surface area contributed by atoms with Crippen molar-refractivity contribution in [3.8, 4) is 0 Å². The minimum absolute atomic E-state index is 0.0237. The summed E-state index contributed by atoms with van der Waals surface area (Å²) in [6.07, 6.45) is -6.30. The van der Waals surface area contributed by atoms with Gasteiger partial charge in [0.05, 0.1) is 18.1 Å². The van der Waals surface area contributed by atoms with Gasteiger partial charge in [0.25, 0.3) is 0 Å². The molecule has 0 unspecified atom stereocenters. The first-order chi connectivity index (χ1) is 28.3. The lowest BCUT2D eigenvalue weighted by molar-refractivity contribution is -0.193. The highest BCUT2D eigenvalue weighted by Crippen LogP contribution is 2.31. The molecular weight excluding hydrogens is 886 g/mol. The summed E-state index contributed by atoms with van der Waals surface area (Å²) in [5.74, 6) is -6.13. The lowest BCUT2D eigenvalue weighted by atomic mass is 9.93. The number of fused-ring (bicyclic) bond motifs is 6. The second kappa shape index (κ2) is 21.4. The molecule has 3 aromatic heterocycles. The predicted molar refractivity (Wildman–Crippen MR) is 200 cm³/mol. The first-order valence-corrected chi connectivity index (χ1v) is 17.8. The number of benzene rings is 1. The summed E-state index contributed by atoms with van der Waals surface area (Å²) >= 11 is 12.4. The highest BCUT2D eigenvalue weighted by molar-refractivity contribution is 6.33.